The highest BCUT2D eigenvalue weighted by Crippen LogP contribution is 2.43. The van der Waals surface area contributed by atoms with Gasteiger partial charge in [0.2, 0.25) is 0 Å². The van der Waals surface area contributed by atoms with E-state index < -0.39 is 12.2 Å². The monoisotopic (exact) mass is 480 g/mol. The van der Waals surface area contributed by atoms with Crippen LogP contribution in [0.1, 0.15) is 55.2 Å². The topological polar surface area (TPSA) is 128 Å². The van der Waals surface area contributed by atoms with Crippen LogP contribution in [0.5, 0.6) is 0 Å². The van der Waals surface area contributed by atoms with Gasteiger partial charge >= 0.3 is 6.09 Å². The van der Waals surface area contributed by atoms with Crippen LogP contribution in [0.25, 0.3) is 22.3 Å². The van der Waals surface area contributed by atoms with Crippen LogP contribution in [0.4, 0.5) is 16.4 Å². The van der Waals surface area contributed by atoms with E-state index >= 15 is 0 Å². The van der Waals surface area contributed by atoms with E-state index in [0.29, 0.717) is 17.2 Å². The number of imidazole rings is 1. The Balaban J connectivity index is 1.47. The Labute approximate surface area is 207 Å². The number of rotatable bonds is 5. The quantitative estimate of drug-likeness (QED) is 0.404. The molecule has 180 valence electrons. The van der Waals surface area contributed by atoms with Crippen LogP contribution in [0, 0.1) is 11.3 Å². The van der Waals surface area contributed by atoms with Gasteiger partial charge in [0.15, 0.2) is 0 Å². The van der Waals surface area contributed by atoms with E-state index in [0.717, 1.165) is 59.2 Å². The van der Waals surface area contributed by atoms with Crippen LogP contribution in [0.3, 0.4) is 0 Å². The lowest BCUT2D eigenvalue weighted by molar-refractivity contribution is 0.138. The number of anilines is 2. The van der Waals surface area contributed by atoms with Gasteiger partial charge in [-0.3, -0.25) is 0 Å². The molecule has 1 amide bonds. The molecule has 9 nitrogen and oxygen atoms in total. The summed E-state index contributed by atoms with van der Waals surface area (Å²) in [4.78, 5) is 26.8. The number of fused-ring (bicyclic) bond motifs is 1. The predicted octanol–water partition coefficient (Wildman–Crippen LogP) is 5.14. The molecule has 4 aromatic rings. The first kappa shape index (κ1) is 22.2. The Morgan fingerprint density at radius 3 is 2.64 bits per heavy atom. The first-order valence-electron chi connectivity index (χ1n) is 12.1. The minimum atomic E-state index is -1.23. The summed E-state index contributed by atoms with van der Waals surface area (Å²) in [6.07, 6.45) is 6.33. The number of aromatic nitrogens is 4. The van der Waals surface area contributed by atoms with Crippen molar-refractivity contribution in [1.82, 2.24) is 19.5 Å². The molecule has 2 aliphatic rings. The zero-order chi connectivity index (χ0) is 24.8. The number of benzene rings is 1. The van der Waals surface area contributed by atoms with Crippen molar-refractivity contribution < 1.29 is 15.0 Å². The molecule has 0 aliphatic heterocycles. The fourth-order valence-electron chi connectivity index (χ4n) is 5.07. The standard InChI is InChI=1S/C27H24N6O3/c28-14-16-8-9-29-25(10-16)33(27(35)36)26-13-19(17-4-5-17)11-21(31-26)18-6-7-20-23(12-18)32(15-30-20)22-2-1-3-24(22)34/h6-13,15,17,22,24,34H,1-5H2,(H,35,36)/t22-,24-/m1/s1. The Bertz CT molecular complexity index is 1520. The molecule has 3 heterocycles. The molecule has 0 saturated heterocycles. The van der Waals surface area contributed by atoms with Gasteiger partial charge in [0, 0.05) is 11.8 Å². The predicted molar refractivity (Wildman–Crippen MR) is 133 cm³/mol. The van der Waals surface area contributed by atoms with E-state index in [4.69, 9.17) is 4.98 Å². The Hall–Kier alpha value is -4.29. The molecule has 2 saturated carbocycles. The Morgan fingerprint density at radius 2 is 1.92 bits per heavy atom. The molecule has 3 aromatic heterocycles. The van der Waals surface area contributed by atoms with Crippen molar-refractivity contribution in [2.24, 2.45) is 0 Å². The molecule has 36 heavy (non-hydrogen) atoms. The van der Waals surface area contributed by atoms with Crippen molar-refractivity contribution in [2.45, 2.75) is 50.2 Å². The molecule has 2 fully saturated rings. The van der Waals surface area contributed by atoms with E-state index in [-0.39, 0.29) is 17.7 Å². The van der Waals surface area contributed by atoms with E-state index in [1.54, 1.807) is 12.4 Å². The Kier molecular flexibility index (Phi) is 5.38. The molecular weight excluding hydrogens is 456 g/mol. The second-order valence-electron chi connectivity index (χ2n) is 9.47. The summed E-state index contributed by atoms with van der Waals surface area (Å²) in [5, 5.41) is 29.8. The lowest BCUT2D eigenvalue weighted by atomic mass is 10.0. The van der Waals surface area contributed by atoms with Crippen molar-refractivity contribution in [2.75, 3.05) is 4.90 Å². The van der Waals surface area contributed by atoms with E-state index in [2.05, 4.69) is 9.97 Å². The van der Waals surface area contributed by atoms with Crippen molar-refractivity contribution >= 4 is 28.8 Å². The van der Waals surface area contributed by atoms with Crippen LogP contribution in [-0.2, 0) is 0 Å². The second kappa shape index (κ2) is 8.73. The summed E-state index contributed by atoms with van der Waals surface area (Å²) in [7, 11) is 0. The van der Waals surface area contributed by atoms with Gasteiger partial charge in [0.25, 0.3) is 0 Å². The summed E-state index contributed by atoms with van der Waals surface area (Å²) in [5.74, 6) is 0.725. The van der Waals surface area contributed by atoms with E-state index in [1.165, 1.54) is 18.3 Å². The fourth-order valence-corrected chi connectivity index (χ4v) is 5.07. The van der Waals surface area contributed by atoms with Gasteiger partial charge in [-0.05, 0) is 80.0 Å². The average molecular weight is 481 g/mol. The number of pyridine rings is 2. The minimum Gasteiger partial charge on any atom is -0.464 e. The van der Waals surface area contributed by atoms with E-state index in [9.17, 15) is 20.3 Å². The number of hydrogen-bond donors (Lipinski definition) is 2. The number of amides is 1. The zero-order valence-electron chi connectivity index (χ0n) is 19.4. The zero-order valence-corrected chi connectivity index (χ0v) is 19.4. The summed E-state index contributed by atoms with van der Waals surface area (Å²) in [6, 6.07) is 14.7. The molecule has 9 heteroatoms. The average Bonchev–Trinajstić information content (AvgIpc) is 3.53. The van der Waals surface area contributed by atoms with Crippen molar-refractivity contribution in [3.05, 3.63) is 66.1 Å². The van der Waals surface area contributed by atoms with Crippen molar-refractivity contribution in [3.63, 3.8) is 0 Å². The SMILES string of the molecule is N#Cc1ccnc(N(C(=O)O)c2cc(C3CC3)cc(-c3ccc4ncn([C@@H]5CCC[C@H]5O)c4c3)n2)c1. The normalized spacial score (nSPS) is 19.3. The van der Waals surface area contributed by atoms with Crippen LogP contribution >= 0.6 is 0 Å². The smallest absolute Gasteiger partial charge is 0.418 e. The number of aliphatic hydroxyl groups is 1. The largest absolute Gasteiger partial charge is 0.464 e. The van der Waals surface area contributed by atoms with Gasteiger partial charge < -0.3 is 14.8 Å². The molecule has 0 unspecified atom stereocenters. The summed E-state index contributed by atoms with van der Waals surface area (Å²) < 4.78 is 2.04. The van der Waals surface area contributed by atoms with E-state index in [1.807, 2.05) is 34.9 Å². The highest BCUT2D eigenvalue weighted by atomic mass is 16.4. The molecule has 0 radical (unpaired) electrons. The molecule has 1 aromatic carbocycles. The van der Waals surface area contributed by atoms with Gasteiger partial charge in [-0.25, -0.2) is 24.6 Å². The number of aliphatic hydroxyl groups excluding tert-OH is 1. The third-order valence-corrected chi connectivity index (χ3v) is 7.08. The number of nitriles is 1. The molecule has 2 aliphatic carbocycles. The number of hydrogen-bond acceptors (Lipinski definition) is 6. The highest BCUT2D eigenvalue weighted by molar-refractivity contribution is 5.93. The summed E-state index contributed by atoms with van der Waals surface area (Å²) in [6.45, 7) is 0. The van der Waals surface area contributed by atoms with Crippen molar-refractivity contribution in [3.8, 4) is 17.3 Å². The number of carboxylic acid groups (broad SMARTS) is 1. The highest BCUT2D eigenvalue weighted by Gasteiger charge is 2.29. The molecule has 0 bridgehead atoms. The van der Waals surface area contributed by atoms with Crippen LogP contribution in [0.2, 0.25) is 0 Å². The minimum absolute atomic E-state index is 0.00689. The molecule has 2 atom stereocenters. The summed E-state index contributed by atoms with van der Waals surface area (Å²) >= 11 is 0. The lowest BCUT2D eigenvalue weighted by Crippen LogP contribution is -2.26. The van der Waals surface area contributed by atoms with Gasteiger partial charge in [-0.1, -0.05) is 6.07 Å². The number of carbonyl (C=O) groups is 1. The fraction of sp³-hybridized carbons (Fsp3) is 0.296. The van der Waals surface area contributed by atoms with Crippen LogP contribution < -0.4 is 4.90 Å². The van der Waals surface area contributed by atoms with Crippen LogP contribution in [0.15, 0.2) is 55.0 Å². The van der Waals surface area contributed by atoms with Gasteiger partial charge in [-0.2, -0.15) is 5.26 Å². The second-order valence-corrected chi connectivity index (χ2v) is 9.47. The maximum Gasteiger partial charge on any atom is 0.418 e. The van der Waals surface area contributed by atoms with Crippen molar-refractivity contribution in [1.29, 1.82) is 5.26 Å². The van der Waals surface area contributed by atoms with Gasteiger partial charge in [0.1, 0.15) is 11.6 Å². The molecular formula is C27H24N6O3. The van der Waals surface area contributed by atoms with Gasteiger partial charge in [-0.15, -0.1) is 0 Å². The van der Waals surface area contributed by atoms with Gasteiger partial charge in [0.05, 0.1) is 46.8 Å². The third-order valence-electron chi connectivity index (χ3n) is 7.08. The first-order valence-corrected chi connectivity index (χ1v) is 12.1. The summed E-state index contributed by atoms with van der Waals surface area (Å²) in [5.41, 5.74) is 4.58. The molecule has 0 spiro atoms. The Morgan fingerprint density at radius 1 is 1.06 bits per heavy atom. The maximum atomic E-state index is 12.3. The first-order chi connectivity index (χ1) is 17.5. The lowest BCUT2D eigenvalue weighted by Gasteiger charge is -2.20. The third kappa shape index (κ3) is 3.95. The number of nitrogens with zero attached hydrogens (tertiary/aromatic N) is 6. The maximum absolute atomic E-state index is 12.3. The molecule has 2 N–H and O–H groups in total. The molecule has 6 rings (SSSR count). The van der Waals surface area contributed by atoms with Crippen LogP contribution in [-0.4, -0.2) is 41.9 Å².